The largest absolute Gasteiger partial charge is 0.396 e. The Labute approximate surface area is 103 Å². The first-order valence-corrected chi connectivity index (χ1v) is 7.43. The lowest BCUT2D eigenvalue weighted by atomic mass is 10.1. The number of hydrogen-bond donors (Lipinski definition) is 2. The van der Waals surface area contributed by atoms with Crippen LogP contribution in [-0.2, 0) is 14.9 Å². The molecule has 1 aliphatic rings. The highest BCUT2D eigenvalue weighted by Crippen LogP contribution is 2.12. The zero-order chi connectivity index (χ0) is 12.7. The van der Waals surface area contributed by atoms with E-state index in [9.17, 15) is 8.42 Å². The maximum atomic E-state index is 11.8. The normalized spacial score (nSPS) is 21.9. The van der Waals surface area contributed by atoms with Crippen molar-refractivity contribution in [3.63, 3.8) is 0 Å². The van der Waals surface area contributed by atoms with Gasteiger partial charge in [-0.15, -0.1) is 0 Å². The molecule has 0 amide bonds. The number of aliphatic hydroxyl groups is 1. The molecule has 0 saturated carbocycles. The third kappa shape index (κ3) is 5.31. The predicted molar refractivity (Wildman–Crippen MR) is 64.8 cm³/mol. The Morgan fingerprint density at radius 3 is 2.82 bits per heavy atom. The second-order valence-corrected chi connectivity index (χ2v) is 6.10. The molecular weight excluding hydrogens is 244 g/mol. The van der Waals surface area contributed by atoms with E-state index >= 15 is 0 Å². The van der Waals surface area contributed by atoms with Crippen LogP contribution in [0.15, 0.2) is 0 Å². The molecule has 1 atom stereocenters. The van der Waals surface area contributed by atoms with Gasteiger partial charge in [-0.25, -0.2) is 0 Å². The third-order valence-corrected chi connectivity index (χ3v) is 4.34. The second-order valence-electron chi connectivity index (χ2n) is 4.24. The lowest BCUT2D eigenvalue weighted by Crippen LogP contribution is -2.43. The Hall–Kier alpha value is -0.210. The van der Waals surface area contributed by atoms with Crippen LogP contribution in [0.2, 0.25) is 0 Å². The van der Waals surface area contributed by atoms with Crippen LogP contribution in [0.25, 0.3) is 0 Å². The standard InChI is InChI=1S/C10H22N2O4S/c1-12(6-4-7-13)17(14,15)11-9-10-5-2-3-8-16-10/h10-11,13H,2-9H2,1H3. The van der Waals surface area contributed by atoms with E-state index in [4.69, 9.17) is 9.84 Å². The number of ether oxygens (including phenoxy) is 1. The van der Waals surface area contributed by atoms with Gasteiger partial charge in [-0.3, -0.25) is 0 Å². The molecule has 0 aromatic heterocycles. The van der Waals surface area contributed by atoms with Crippen LogP contribution in [-0.4, -0.2) is 57.3 Å². The minimum absolute atomic E-state index is 0.00834. The summed E-state index contributed by atoms with van der Waals surface area (Å²) in [6.07, 6.45) is 3.48. The van der Waals surface area contributed by atoms with E-state index in [1.54, 1.807) is 0 Å². The number of nitrogens with one attached hydrogen (secondary N) is 1. The van der Waals surface area contributed by atoms with E-state index in [1.165, 1.54) is 11.4 Å². The van der Waals surface area contributed by atoms with Crippen LogP contribution in [0.5, 0.6) is 0 Å². The Morgan fingerprint density at radius 2 is 2.24 bits per heavy atom. The van der Waals surface area contributed by atoms with Crippen LogP contribution in [0.3, 0.4) is 0 Å². The minimum Gasteiger partial charge on any atom is -0.396 e. The van der Waals surface area contributed by atoms with Gasteiger partial charge in [0, 0.05) is 33.4 Å². The van der Waals surface area contributed by atoms with Crippen molar-refractivity contribution in [2.75, 3.05) is 33.4 Å². The maximum absolute atomic E-state index is 11.8. The predicted octanol–water partition coefficient (Wildman–Crippen LogP) is -0.296. The quantitative estimate of drug-likeness (QED) is 0.663. The second kappa shape index (κ2) is 7.27. The van der Waals surface area contributed by atoms with E-state index in [0.717, 1.165) is 19.3 Å². The van der Waals surface area contributed by atoms with Crippen molar-refractivity contribution in [3.05, 3.63) is 0 Å². The van der Waals surface area contributed by atoms with E-state index in [-0.39, 0.29) is 12.7 Å². The molecule has 0 bridgehead atoms. The van der Waals surface area contributed by atoms with Crippen molar-refractivity contribution in [2.24, 2.45) is 0 Å². The van der Waals surface area contributed by atoms with Gasteiger partial charge >= 0.3 is 0 Å². The highest BCUT2D eigenvalue weighted by atomic mass is 32.2. The zero-order valence-electron chi connectivity index (χ0n) is 10.3. The average molecular weight is 266 g/mol. The summed E-state index contributed by atoms with van der Waals surface area (Å²) in [5.41, 5.74) is 0. The van der Waals surface area contributed by atoms with Crippen LogP contribution in [0, 0.1) is 0 Å². The summed E-state index contributed by atoms with van der Waals surface area (Å²) in [6.45, 7) is 1.35. The SMILES string of the molecule is CN(CCCO)S(=O)(=O)NCC1CCCCO1. The summed E-state index contributed by atoms with van der Waals surface area (Å²) in [4.78, 5) is 0. The maximum Gasteiger partial charge on any atom is 0.279 e. The lowest BCUT2D eigenvalue weighted by molar-refractivity contribution is 0.0198. The molecule has 0 aromatic rings. The van der Waals surface area contributed by atoms with Gasteiger partial charge in [-0.2, -0.15) is 17.4 Å². The van der Waals surface area contributed by atoms with Crippen molar-refractivity contribution in [2.45, 2.75) is 31.8 Å². The number of nitrogens with zero attached hydrogens (tertiary/aromatic N) is 1. The molecule has 17 heavy (non-hydrogen) atoms. The zero-order valence-corrected chi connectivity index (χ0v) is 11.1. The molecule has 2 N–H and O–H groups in total. The molecule has 1 saturated heterocycles. The number of hydrogen-bond acceptors (Lipinski definition) is 4. The summed E-state index contributed by atoms with van der Waals surface area (Å²) in [7, 11) is -1.94. The molecule has 1 heterocycles. The fraction of sp³-hybridized carbons (Fsp3) is 1.00. The smallest absolute Gasteiger partial charge is 0.279 e. The fourth-order valence-electron chi connectivity index (χ4n) is 1.69. The van der Waals surface area contributed by atoms with Gasteiger partial charge in [-0.05, 0) is 25.7 Å². The van der Waals surface area contributed by atoms with Crippen molar-refractivity contribution in [1.82, 2.24) is 9.03 Å². The van der Waals surface area contributed by atoms with Crippen molar-refractivity contribution >= 4 is 10.2 Å². The summed E-state index contributed by atoms with van der Waals surface area (Å²) in [5.74, 6) is 0. The number of aliphatic hydroxyl groups excluding tert-OH is 1. The molecule has 0 aromatic carbocycles. The molecule has 1 rings (SSSR count). The van der Waals surface area contributed by atoms with Crippen LogP contribution >= 0.6 is 0 Å². The highest BCUT2D eigenvalue weighted by molar-refractivity contribution is 7.87. The average Bonchev–Trinajstić information content (AvgIpc) is 2.35. The molecule has 0 aliphatic carbocycles. The van der Waals surface area contributed by atoms with Crippen molar-refractivity contribution < 1.29 is 18.3 Å². The molecule has 102 valence electrons. The Kier molecular flexibility index (Phi) is 6.35. The van der Waals surface area contributed by atoms with E-state index in [0.29, 0.717) is 26.1 Å². The number of rotatable bonds is 7. The van der Waals surface area contributed by atoms with E-state index in [2.05, 4.69) is 4.72 Å². The molecule has 6 nitrogen and oxygen atoms in total. The summed E-state index contributed by atoms with van der Waals surface area (Å²) in [6, 6.07) is 0. The van der Waals surface area contributed by atoms with Gasteiger partial charge in [-0.1, -0.05) is 0 Å². The van der Waals surface area contributed by atoms with Crippen LogP contribution < -0.4 is 4.72 Å². The molecular formula is C10H22N2O4S. The first-order valence-electron chi connectivity index (χ1n) is 5.99. The molecule has 1 aliphatic heterocycles. The van der Waals surface area contributed by atoms with Gasteiger partial charge in [0.25, 0.3) is 10.2 Å². The Bertz CT molecular complexity index is 301. The molecule has 1 fully saturated rings. The summed E-state index contributed by atoms with van der Waals surface area (Å²) < 4.78 is 32.7. The van der Waals surface area contributed by atoms with Crippen LogP contribution in [0.1, 0.15) is 25.7 Å². The highest BCUT2D eigenvalue weighted by Gasteiger charge is 2.20. The summed E-state index contributed by atoms with van der Waals surface area (Å²) in [5, 5.41) is 8.65. The van der Waals surface area contributed by atoms with Crippen molar-refractivity contribution in [3.8, 4) is 0 Å². The van der Waals surface area contributed by atoms with Crippen LogP contribution in [0.4, 0.5) is 0 Å². The van der Waals surface area contributed by atoms with Gasteiger partial charge in [0.1, 0.15) is 0 Å². The van der Waals surface area contributed by atoms with Gasteiger partial charge in [0.15, 0.2) is 0 Å². The molecule has 1 unspecified atom stereocenters. The van der Waals surface area contributed by atoms with Gasteiger partial charge in [0.05, 0.1) is 6.10 Å². The minimum atomic E-state index is -3.44. The monoisotopic (exact) mass is 266 g/mol. The molecule has 7 heteroatoms. The summed E-state index contributed by atoms with van der Waals surface area (Å²) >= 11 is 0. The first kappa shape index (κ1) is 14.8. The first-order chi connectivity index (χ1) is 8.06. The molecule has 0 spiro atoms. The van der Waals surface area contributed by atoms with Gasteiger partial charge < -0.3 is 9.84 Å². The van der Waals surface area contributed by atoms with Gasteiger partial charge in [0.2, 0.25) is 0 Å². The Morgan fingerprint density at radius 1 is 1.47 bits per heavy atom. The van der Waals surface area contributed by atoms with E-state index < -0.39 is 10.2 Å². The molecule has 0 radical (unpaired) electrons. The lowest BCUT2D eigenvalue weighted by Gasteiger charge is -2.24. The fourth-order valence-corrected chi connectivity index (χ4v) is 2.68. The Balaban J connectivity index is 2.32. The topological polar surface area (TPSA) is 78.9 Å². The van der Waals surface area contributed by atoms with Crippen molar-refractivity contribution in [1.29, 1.82) is 0 Å². The van der Waals surface area contributed by atoms with E-state index in [1.807, 2.05) is 0 Å². The third-order valence-electron chi connectivity index (χ3n) is 2.81.